The lowest BCUT2D eigenvalue weighted by Crippen LogP contribution is -2.07. The SMILES string of the molecule is Cc1cncn1-c1cc(-c2nc3cc([N+](=O)[O-])ccc3[nH]2)cc(C(F)(F)F)c1. The first-order valence-electron chi connectivity index (χ1n) is 8.08. The average molecular weight is 387 g/mol. The third kappa shape index (κ3) is 3.08. The average Bonchev–Trinajstić information content (AvgIpc) is 3.25. The van der Waals surface area contributed by atoms with Crippen LogP contribution in [0.5, 0.6) is 0 Å². The van der Waals surface area contributed by atoms with Crippen molar-refractivity contribution in [3.8, 4) is 17.1 Å². The minimum Gasteiger partial charge on any atom is -0.338 e. The summed E-state index contributed by atoms with van der Waals surface area (Å²) in [6, 6.07) is 7.61. The lowest BCUT2D eigenvalue weighted by atomic mass is 10.1. The molecule has 0 radical (unpaired) electrons. The normalized spacial score (nSPS) is 11.9. The molecule has 0 spiro atoms. The zero-order chi connectivity index (χ0) is 20.1. The van der Waals surface area contributed by atoms with Crippen molar-refractivity contribution in [1.29, 1.82) is 0 Å². The molecule has 0 amide bonds. The molecule has 4 rings (SSSR count). The van der Waals surface area contributed by atoms with Gasteiger partial charge in [0, 0.05) is 35.3 Å². The van der Waals surface area contributed by atoms with Gasteiger partial charge in [0.2, 0.25) is 0 Å². The summed E-state index contributed by atoms with van der Waals surface area (Å²) in [6.07, 6.45) is -1.58. The molecule has 0 fully saturated rings. The number of imidazole rings is 2. The van der Waals surface area contributed by atoms with Gasteiger partial charge in [-0.2, -0.15) is 13.2 Å². The number of fused-ring (bicyclic) bond motifs is 1. The van der Waals surface area contributed by atoms with Crippen LogP contribution >= 0.6 is 0 Å². The molecule has 2 aromatic carbocycles. The molecule has 0 aliphatic heterocycles. The lowest BCUT2D eigenvalue weighted by Gasteiger charge is -2.13. The Morgan fingerprint density at radius 2 is 1.96 bits per heavy atom. The fourth-order valence-corrected chi connectivity index (χ4v) is 2.93. The van der Waals surface area contributed by atoms with E-state index in [2.05, 4.69) is 15.0 Å². The monoisotopic (exact) mass is 387 g/mol. The highest BCUT2D eigenvalue weighted by Gasteiger charge is 2.32. The van der Waals surface area contributed by atoms with Crippen LogP contribution in [-0.4, -0.2) is 24.4 Å². The van der Waals surface area contributed by atoms with Crippen molar-refractivity contribution < 1.29 is 18.1 Å². The van der Waals surface area contributed by atoms with E-state index in [1.807, 2.05) is 0 Å². The van der Waals surface area contributed by atoms with Crippen molar-refractivity contribution in [2.45, 2.75) is 13.1 Å². The van der Waals surface area contributed by atoms with Gasteiger partial charge in [-0.15, -0.1) is 0 Å². The molecule has 4 aromatic rings. The number of halogens is 3. The van der Waals surface area contributed by atoms with Gasteiger partial charge < -0.3 is 9.55 Å². The Morgan fingerprint density at radius 3 is 2.61 bits per heavy atom. The predicted molar refractivity (Wildman–Crippen MR) is 95.0 cm³/mol. The lowest BCUT2D eigenvalue weighted by molar-refractivity contribution is -0.384. The zero-order valence-electron chi connectivity index (χ0n) is 14.4. The molecule has 0 aliphatic carbocycles. The molecule has 1 N–H and O–H groups in total. The van der Waals surface area contributed by atoms with Crippen molar-refractivity contribution in [2.24, 2.45) is 0 Å². The van der Waals surface area contributed by atoms with E-state index in [1.54, 1.807) is 19.2 Å². The molecule has 2 heterocycles. The maximum absolute atomic E-state index is 13.4. The van der Waals surface area contributed by atoms with E-state index in [9.17, 15) is 23.3 Å². The van der Waals surface area contributed by atoms with Crippen LogP contribution in [0.1, 0.15) is 11.3 Å². The third-order valence-electron chi connectivity index (χ3n) is 4.30. The summed E-state index contributed by atoms with van der Waals surface area (Å²) in [5.74, 6) is 0.181. The Labute approximate surface area is 155 Å². The van der Waals surface area contributed by atoms with E-state index in [0.717, 1.165) is 12.1 Å². The Balaban J connectivity index is 1.90. The number of hydrogen-bond donors (Lipinski definition) is 1. The Morgan fingerprint density at radius 1 is 1.18 bits per heavy atom. The van der Waals surface area contributed by atoms with Crippen molar-refractivity contribution >= 4 is 16.7 Å². The summed E-state index contributed by atoms with van der Waals surface area (Å²) in [4.78, 5) is 21.5. The molecule has 7 nitrogen and oxygen atoms in total. The van der Waals surface area contributed by atoms with Gasteiger partial charge >= 0.3 is 6.18 Å². The van der Waals surface area contributed by atoms with E-state index in [4.69, 9.17) is 0 Å². The van der Waals surface area contributed by atoms with Crippen molar-refractivity contribution in [3.05, 3.63) is 70.3 Å². The highest BCUT2D eigenvalue weighted by Crippen LogP contribution is 2.34. The second-order valence-electron chi connectivity index (χ2n) is 6.22. The topological polar surface area (TPSA) is 89.6 Å². The predicted octanol–water partition coefficient (Wildman–Crippen LogP) is 4.65. The molecular weight excluding hydrogens is 375 g/mol. The summed E-state index contributed by atoms with van der Waals surface area (Å²) in [5, 5.41) is 10.9. The maximum atomic E-state index is 13.4. The number of nitrogens with one attached hydrogen (secondary N) is 1. The first-order valence-corrected chi connectivity index (χ1v) is 8.08. The summed E-state index contributed by atoms with van der Waals surface area (Å²) in [7, 11) is 0. The summed E-state index contributed by atoms with van der Waals surface area (Å²) in [6.45, 7) is 1.73. The molecule has 0 bridgehead atoms. The molecule has 0 saturated heterocycles. The Kier molecular flexibility index (Phi) is 3.91. The molecule has 2 aromatic heterocycles. The molecule has 0 atom stereocenters. The van der Waals surface area contributed by atoms with Crippen molar-refractivity contribution in [3.63, 3.8) is 0 Å². The number of non-ortho nitro benzene ring substituents is 1. The fourth-order valence-electron chi connectivity index (χ4n) is 2.93. The third-order valence-corrected chi connectivity index (χ3v) is 4.30. The number of nitrogens with zero attached hydrogens (tertiary/aromatic N) is 4. The van der Waals surface area contributed by atoms with Gasteiger partial charge in [-0.05, 0) is 31.2 Å². The number of rotatable bonds is 3. The Hall–Kier alpha value is -3.69. The molecular formula is C18H12F3N5O2. The molecule has 0 saturated carbocycles. The van der Waals surface area contributed by atoms with Crippen LogP contribution in [0, 0.1) is 17.0 Å². The van der Waals surface area contributed by atoms with Gasteiger partial charge in [0.25, 0.3) is 5.69 Å². The second-order valence-corrected chi connectivity index (χ2v) is 6.22. The number of hydrogen-bond acceptors (Lipinski definition) is 4. The fraction of sp³-hybridized carbons (Fsp3) is 0.111. The first kappa shape index (κ1) is 17.7. The van der Waals surface area contributed by atoms with Crippen LogP contribution in [0.2, 0.25) is 0 Å². The van der Waals surface area contributed by atoms with Gasteiger partial charge in [-0.3, -0.25) is 10.1 Å². The van der Waals surface area contributed by atoms with E-state index in [0.29, 0.717) is 16.7 Å². The van der Waals surface area contributed by atoms with Crippen LogP contribution in [-0.2, 0) is 6.18 Å². The summed E-state index contributed by atoms with van der Waals surface area (Å²) < 4.78 is 41.8. The van der Waals surface area contributed by atoms with Crippen molar-refractivity contribution in [2.75, 3.05) is 0 Å². The van der Waals surface area contributed by atoms with Crippen LogP contribution in [0.25, 0.3) is 28.1 Å². The number of benzene rings is 2. The second kappa shape index (κ2) is 6.19. The number of nitro benzene ring substituents is 1. The summed E-state index contributed by atoms with van der Waals surface area (Å²) >= 11 is 0. The van der Waals surface area contributed by atoms with Gasteiger partial charge in [-0.1, -0.05) is 0 Å². The molecule has 0 unspecified atom stereocenters. The molecule has 142 valence electrons. The van der Waals surface area contributed by atoms with E-state index in [1.165, 1.54) is 29.1 Å². The molecule has 0 aliphatic rings. The number of aromatic nitrogens is 4. The van der Waals surface area contributed by atoms with E-state index < -0.39 is 16.7 Å². The van der Waals surface area contributed by atoms with Crippen LogP contribution < -0.4 is 0 Å². The smallest absolute Gasteiger partial charge is 0.338 e. The van der Waals surface area contributed by atoms with Crippen LogP contribution in [0.4, 0.5) is 18.9 Å². The van der Waals surface area contributed by atoms with Gasteiger partial charge in [-0.25, -0.2) is 9.97 Å². The standard InChI is InChI=1S/C18H12F3N5O2/c1-10-8-22-9-25(10)14-5-11(4-12(6-14)18(19,20)21)17-23-15-3-2-13(26(27)28)7-16(15)24-17/h2-9H,1H3,(H,23,24). The highest BCUT2D eigenvalue weighted by atomic mass is 19.4. The van der Waals surface area contributed by atoms with Gasteiger partial charge in [0.05, 0.1) is 27.8 Å². The Bertz CT molecular complexity index is 1210. The van der Waals surface area contributed by atoms with Gasteiger partial charge in [0.15, 0.2) is 0 Å². The summed E-state index contributed by atoms with van der Waals surface area (Å²) in [5.41, 5.74) is 0.956. The first-order chi connectivity index (χ1) is 13.2. The number of aromatic amines is 1. The number of aryl methyl sites for hydroxylation is 1. The minimum absolute atomic E-state index is 0.149. The number of alkyl halides is 3. The van der Waals surface area contributed by atoms with Crippen LogP contribution in [0.15, 0.2) is 48.9 Å². The minimum atomic E-state index is -4.55. The number of nitro groups is 1. The molecule has 28 heavy (non-hydrogen) atoms. The van der Waals surface area contributed by atoms with Crippen LogP contribution in [0.3, 0.4) is 0 Å². The zero-order valence-corrected chi connectivity index (χ0v) is 14.4. The maximum Gasteiger partial charge on any atom is 0.416 e. The van der Waals surface area contributed by atoms with E-state index >= 15 is 0 Å². The van der Waals surface area contributed by atoms with Crippen molar-refractivity contribution in [1.82, 2.24) is 19.5 Å². The highest BCUT2D eigenvalue weighted by molar-refractivity contribution is 5.81. The number of H-pyrrole nitrogens is 1. The van der Waals surface area contributed by atoms with E-state index in [-0.39, 0.29) is 22.8 Å². The quantitative estimate of drug-likeness (QED) is 0.409. The molecule has 10 heteroatoms. The van der Waals surface area contributed by atoms with Gasteiger partial charge in [0.1, 0.15) is 5.82 Å². The largest absolute Gasteiger partial charge is 0.416 e.